The topological polar surface area (TPSA) is 171 Å². The Labute approximate surface area is 314 Å². The van der Waals surface area contributed by atoms with E-state index < -0.39 is 86.5 Å². The van der Waals surface area contributed by atoms with Gasteiger partial charge in [0.15, 0.2) is 9.84 Å². The Morgan fingerprint density at radius 2 is 1.47 bits per heavy atom. The average molecular weight is 772 g/mol. The zero-order valence-corrected chi connectivity index (χ0v) is 33.2. The van der Waals surface area contributed by atoms with Crippen molar-refractivity contribution < 1.29 is 41.2 Å². The van der Waals surface area contributed by atoms with Gasteiger partial charge in [-0.1, -0.05) is 46.0 Å². The monoisotopic (exact) mass is 771 g/mol. The third-order valence-electron chi connectivity index (χ3n) is 11.4. The van der Waals surface area contributed by atoms with Crippen LogP contribution in [0.3, 0.4) is 0 Å². The number of Topliss-reactive ketones (excluding diaryl/α,β-unsaturated/α-hetero) is 1. The molecule has 0 aromatic heterocycles. The van der Waals surface area contributed by atoms with E-state index in [2.05, 4.69) is 21.3 Å². The van der Waals surface area contributed by atoms with Gasteiger partial charge in [0.25, 0.3) is 5.91 Å². The van der Waals surface area contributed by atoms with Gasteiger partial charge >= 0.3 is 6.03 Å². The fraction of sp³-hybridized carbons (Fsp3) is 0.868. The van der Waals surface area contributed by atoms with E-state index in [4.69, 9.17) is 0 Å². The lowest BCUT2D eigenvalue weighted by Gasteiger charge is -2.40. The maximum absolute atomic E-state index is 14.9. The van der Waals surface area contributed by atoms with Crippen LogP contribution in [0.5, 0.6) is 0 Å². The number of ketones is 1. The summed E-state index contributed by atoms with van der Waals surface area (Å²) in [5, 5.41) is 11.1. The van der Waals surface area contributed by atoms with E-state index >= 15 is 0 Å². The summed E-state index contributed by atoms with van der Waals surface area (Å²) in [4.78, 5) is 70.0. The van der Waals surface area contributed by atoms with Crippen molar-refractivity contribution in [3.05, 3.63) is 0 Å². The summed E-state index contributed by atoms with van der Waals surface area (Å²) in [6.07, 6.45) is 5.68. The van der Waals surface area contributed by atoms with Crippen molar-refractivity contribution in [2.45, 2.75) is 184 Å². The smallest absolute Gasteiger partial charge is 0.315 e. The van der Waals surface area contributed by atoms with Gasteiger partial charge in [-0.05, 0) is 96.8 Å². The van der Waals surface area contributed by atoms with Crippen LogP contribution >= 0.6 is 0 Å². The van der Waals surface area contributed by atoms with Crippen molar-refractivity contribution in [3.8, 4) is 0 Å². The SMILES string of the molecule is CC(C)C[C@H]1CCN2C(=O)[C@@H](NC(=O)NC3(CS(=O)(=O)C(C)(C)C)CCCCC3)CCCCC(F)(F)CCCC[C@@H](C(=O)C(=O)NC3CC3)NC(=O)[C@H]12. The molecule has 0 aromatic carbocycles. The maximum Gasteiger partial charge on any atom is 0.315 e. The molecule has 4 rings (SSSR count). The molecular weight excluding hydrogens is 709 g/mol. The second-order valence-corrected chi connectivity index (χ2v) is 20.3. The minimum absolute atomic E-state index is 0.00525. The van der Waals surface area contributed by atoms with Crippen LogP contribution in [0, 0.1) is 11.8 Å². The summed E-state index contributed by atoms with van der Waals surface area (Å²) < 4.78 is 55.5. The van der Waals surface area contributed by atoms with Crippen molar-refractivity contribution >= 4 is 39.4 Å². The molecule has 12 nitrogen and oxygen atoms in total. The maximum atomic E-state index is 14.9. The second-order valence-electron chi connectivity index (χ2n) is 17.5. The summed E-state index contributed by atoms with van der Waals surface area (Å²) in [6.45, 7) is 9.10. The molecule has 2 aliphatic carbocycles. The molecule has 302 valence electrons. The van der Waals surface area contributed by atoms with Crippen molar-refractivity contribution in [1.29, 1.82) is 0 Å². The first-order chi connectivity index (χ1) is 24.7. The number of sulfone groups is 1. The Balaban J connectivity index is 1.62. The molecule has 0 spiro atoms. The van der Waals surface area contributed by atoms with Gasteiger partial charge in [0.05, 0.1) is 22.1 Å². The van der Waals surface area contributed by atoms with E-state index in [0.717, 1.165) is 32.1 Å². The number of carbonyl (C=O) groups is 5. The molecule has 0 aromatic rings. The Kier molecular flexibility index (Phi) is 14.4. The number of hydrogen-bond donors (Lipinski definition) is 4. The van der Waals surface area contributed by atoms with Crippen LogP contribution in [0.4, 0.5) is 13.6 Å². The van der Waals surface area contributed by atoms with Crippen LogP contribution in [-0.2, 0) is 29.0 Å². The average Bonchev–Trinajstić information content (AvgIpc) is 3.77. The number of amides is 5. The quantitative estimate of drug-likeness (QED) is 0.241. The number of nitrogens with one attached hydrogen (secondary N) is 4. The predicted octanol–water partition coefficient (Wildman–Crippen LogP) is 4.94. The van der Waals surface area contributed by atoms with E-state index in [1.807, 2.05) is 13.8 Å². The number of rotatable bonds is 9. The van der Waals surface area contributed by atoms with E-state index in [9.17, 15) is 41.2 Å². The molecule has 2 saturated heterocycles. The van der Waals surface area contributed by atoms with Gasteiger partial charge in [0.2, 0.25) is 23.5 Å². The molecule has 15 heteroatoms. The van der Waals surface area contributed by atoms with Gasteiger partial charge in [-0.3, -0.25) is 19.2 Å². The molecule has 4 atom stereocenters. The van der Waals surface area contributed by atoms with Gasteiger partial charge in [0, 0.05) is 25.4 Å². The largest absolute Gasteiger partial charge is 0.347 e. The van der Waals surface area contributed by atoms with E-state index in [0.29, 0.717) is 25.7 Å². The molecule has 2 heterocycles. The Morgan fingerprint density at radius 3 is 2.06 bits per heavy atom. The van der Waals surface area contributed by atoms with Gasteiger partial charge in [-0.15, -0.1) is 0 Å². The molecule has 4 fully saturated rings. The number of hydrogen-bond acceptors (Lipinski definition) is 7. The van der Waals surface area contributed by atoms with Crippen LogP contribution in [0.25, 0.3) is 0 Å². The number of fused-ring (bicyclic) bond motifs is 1. The highest BCUT2D eigenvalue weighted by atomic mass is 32.2. The molecule has 4 N–H and O–H groups in total. The standard InChI is InChI=1S/C38H63F2N5O7S/c1-25(2)23-26-17-22-45-30(26)32(47)42-28(31(46)33(48)41-27-15-16-27)13-7-11-20-38(39,40)21-12-8-14-29(34(45)49)43-35(50)44-37(18-9-6-10-19-37)24-53(51,52)36(3,4)5/h25-30H,6-24H2,1-5H3,(H,41,48)(H,42,47)(H2,43,44,50)/t26-,28+,29+,30+/m1/s1. The lowest BCUT2D eigenvalue weighted by atomic mass is 9.83. The third kappa shape index (κ3) is 12.1. The summed E-state index contributed by atoms with van der Waals surface area (Å²) >= 11 is 0. The lowest BCUT2D eigenvalue weighted by Crippen LogP contribution is -2.61. The van der Waals surface area contributed by atoms with Crippen molar-refractivity contribution in [2.24, 2.45) is 11.8 Å². The van der Waals surface area contributed by atoms with Crippen LogP contribution in [-0.4, -0.2) is 95.5 Å². The van der Waals surface area contributed by atoms with Crippen LogP contribution < -0.4 is 21.3 Å². The van der Waals surface area contributed by atoms with E-state index in [1.54, 1.807) is 20.8 Å². The van der Waals surface area contributed by atoms with Crippen molar-refractivity contribution in [3.63, 3.8) is 0 Å². The summed E-state index contributed by atoms with van der Waals surface area (Å²) in [5.74, 6) is -6.11. The van der Waals surface area contributed by atoms with E-state index in [-0.39, 0.29) is 68.7 Å². The third-order valence-corrected chi connectivity index (χ3v) is 14.2. The predicted molar refractivity (Wildman–Crippen MR) is 198 cm³/mol. The van der Waals surface area contributed by atoms with Gasteiger partial charge in [0.1, 0.15) is 12.1 Å². The molecule has 2 aliphatic heterocycles. The Hall–Kier alpha value is -2.84. The first-order valence-corrected chi connectivity index (χ1v) is 21.5. The molecule has 53 heavy (non-hydrogen) atoms. The zero-order valence-electron chi connectivity index (χ0n) is 32.4. The van der Waals surface area contributed by atoms with Crippen LogP contribution in [0.2, 0.25) is 0 Å². The minimum Gasteiger partial charge on any atom is -0.347 e. The van der Waals surface area contributed by atoms with Crippen molar-refractivity contribution in [1.82, 2.24) is 26.2 Å². The zero-order chi connectivity index (χ0) is 39.2. The van der Waals surface area contributed by atoms with E-state index in [1.165, 1.54) is 4.90 Å². The minimum atomic E-state index is -3.63. The lowest BCUT2D eigenvalue weighted by molar-refractivity contribution is -0.143. The normalized spacial score (nSPS) is 27.7. The molecule has 2 saturated carbocycles. The van der Waals surface area contributed by atoms with Gasteiger partial charge < -0.3 is 26.2 Å². The first kappa shape index (κ1) is 42.9. The second kappa shape index (κ2) is 17.7. The van der Waals surface area contributed by atoms with Crippen LogP contribution in [0.15, 0.2) is 0 Å². The fourth-order valence-corrected chi connectivity index (χ4v) is 9.60. The summed E-state index contributed by atoms with van der Waals surface area (Å²) in [5.41, 5.74) is -1.04. The number of urea groups is 1. The molecule has 0 unspecified atom stereocenters. The first-order valence-electron chi connectivity index (χ1n) is 19.9. The number of halogens is 2. The molecule has 0 bridgehead atoms. The Morgan fingerprint density at radius 1 is 0.868 bits per heavy atom. The number of nitrogens with zero attached hydrogens (tertiary/aromatic N) is 1. The van der Waals surface area contributed by atoms with Gasteiger partial charge in [-0.25, -0.2) is 22.0 Å². The molecular formula is C38H63F2N5O7S. The highest BCUT2D eigenvalue weighted by Gasteiger charge is 2.46. The highest BCUT2D eigenvalue weighted by molar-refractivity contribution is 7.92. The fourth-order valence-electron chi connectivity index (χ4n) is 8.08. The summed E-state index contributed by atoms with van der Waals surface area (Å²) in [7, 11) is -3.63. The van der Waals surface area contributed by atoms with Gasteiger partial charge in [-0.2, -0.15) is 0 Å². The molecule has 0 radical (unpaired) electrons. The van der Waals surface area contributed by atoms with Crippen molar-refractivity contribution in [2.75, 3.05) is 12.3 Å². The molecule has 4 aliphatic rings. The van der Waals surface area contributed by atoms with Crippen LogP contribution in [0.1, 0.15) is 144 Å². The summed E-state index contributed by atoms with van der Waals surface area (Å²) in [6, 6.07) is -4.21. The number of alkyl halides is 2. The highest BCUT2D eigenvalue weighted by Crippen LogP contribution is 2.35. The molecule has 5 amide bonds. The number of carbonyl (C=O) groups excluding carboxylic acids is 5. The Bertz CT molecular complexity index is 1440.